The van der Waals surface area contributed by atoms with Crippen LogP contribution in [0.25, 0.3) is 22.4 Å². The van der Waals surface area contributed by atoms with Crippen LogP contribution in [0.2, 0.25) is 5.15 Å². The molecule has 26 heavy (non-hydrogen) atoms. The van der Waals surface area contributed by atoms with Gasteiger partial charge in [-0.05, 0) is 37.5 Å². The molecular formula is C18H14ClN5O2. The minimum atomic E-state index is -0.137. The molecule has 0 amide bonds. The average molecular weight is 368 g/mol. The predicted octanol–water partition coefficient (Wildman–Crippen LogP) is 4.12. The second-order valence-electron chi connectivity index (χ2n) is 6.17. The number of oxazole rings is 1. The molecule has 0 spiro atoms. The number of rotatable bonds is 3. The van der Waals surface area contributed by atoms with Crippen LogP contribution in [0.4, 0.5) is 0 Å². The first kappa shape index (κ1) is 15.3. The fourth-order valence-electron chi connectivity index (χ4n) is 3.32. The molecule has 3 aromatic heterocycles. The van der Waals surface area contributed by atoms with E-state index < -0.39 is 0 Å². The van der Waals surface area contributed by atoms with Crippen molar-refractivity contribution < 1.29 is 9.15 Å². The maximum absolute atomic E-state index is 6.24. The van der Waals surface area contributed by atoms with E-state index in [0.29, 0.717) is 16.6 Å². The van der Waals surface area contributed by atoms with Crippen LogP contribution in [0, 0.1) is 0 Å². The van der Waals surface area contributed by atoms with Crippen LogP contribution >= 0.6 is 11.6 Å². The largest absolute Gasteiger partial charge is 0.484 e. The summed E-state index contributed by atoms with van der Waals surface area (Å²) in [4.78, 5) is 12.8. The Hall–Kier alpha value is -2.93. The molecule has 0 saturated carbocycles. The van der Waals surface area contributed by atoms with Crippen molar-refractivity contribution in [1.29, 1.82) is 0 Å². The third kappa shape index (κ3) is 2.61. The van der Waals surface area contributed by atoms with Gasteiger partial charge in [-0.1, -0.05) is 11.6 Å². The molecule has 1 N–H and O–H groups in total. The molecule has 5 rings (SSSR count). The summed E-state index contributed by atoms with van der Waals surface area (Å²) in [6, 6.07) is 5.81. The summed E-state index contributed by atoms with van der Waals surface area (Å²) in [5.74, 6) is 1.35. The lowest BCUT2D eigenvalue weighted by Gasteiger charge is -2.24. The second-order valence-corrected chi connectivity index (χ2v) is 6.56. The number of ether oxygens (including phenoxy) is 1. The summed E-state index contributed by atoms with van der Waals surface area (Å²) < 4.78 is 11.6. The zero-order valence-electron chi connectivity index (χ0n) is 13.6. The summed E-state index contributed by atoms with van der Waals surface area (Å²) in [7, 11) is 0. The average Bonchev–Trinajstić information content (AvgIpc) is 3.30. The molecule has 1 aliphatic rings. The van der Waals surface area contributed by atoms with Crippen molar-refractivity contribution in [2.24, 2.45) is 0 Å². The van der Waals surface area contributed by atoms with Gasteiger partial charge in [0.25, 0.3) is 0 Å². The number of aromatic amines is 1. The molecule has 0 aliphatic heterocycles. The lowest BCUT2D eigenvalue weighted by atomic mass is 9.97. The lowest BCUT2D eigenvalue weighted by Crippen LogP contribution is -2.18. The SMILES string of the molecule is Clc1cnc2c(n1)CCCC2Oc1ccc2[nH]nc(-c3cnco3)c2c1. The molecule has 1 unspecified atom stereocenters. The van der Waals surface area contributed by atoms with Gasteiger partial charge in [0.15, 0.2) is 12.2 Å². The second kappa shape index (κ2) is 6.10. The Morgan fingerprint density at radius 3 is 3.12 bits per heavy atom. The molecule has 1 aliphatic carbocycles. The molecule has 7 nitrogen and oxygen atoms in total. The third-order valence-electron chi connectivity index (χ3n) is 4.51. The molecular weight excluding hydrogens is 354 g/mol. The zero-order chi connectivity index (χ0) is 17.5. The molecule has 1 atom stereocenters. The van der Waals surface area contributed by atoms with Gasteiger partial charge in [-0.15, -0.1) is 0 Å². The number of aromatic nitrogens is 5. The Bertz CT molecular complexity index is 1080. The van der Waals surface area contributed by atoms with Gasteiger partial charge in [-0.2, -0.15) is 5.10 Å². The molecule has 1 aromatic carbocycles. The Morgan fingerprint density at radius 2 is 2.23 bits per heavy atom. The predicted molar refractivity (Wildman–Crippen MR) is 94.9 cm³/mol. The maximum Gasteiger partial charge on any atom is 0.181 e. The number of aryl methyl sites for hydroxylation is 1. The van der Waals surface area contributed by atoms with Crippen molar-refractivity contribution in [3.05, 3.63) is 53.5 Å². The monoisotopic (exact) mass is 367 g/mol. The molecule has 4 aromatic rings. The van der Waals surface area contributed by atoms with Gasteiger partial charge in [-0.3, -0.25) is 10.1 Å². The van der Waals surface area contributed by atoms with Gasteiger partial charge in [0.1, 0.15) is 28.4 Å². The maximum atomic E-state index is 6.24. The molecule has 0 saturated heterocycles. The number of fused-ring (bicyclic) bond motifs is 2. The fourth-order valence-corrected chi connectivity index (χ4v) is 3.47. The van der Waals surface area contributed by atoms with E-state index in [1.54, 1.807) is 12.4 Å². The number of halogens is 1. The van der Waals surface area contributed by atoms with Crippen molar-refractivity contribution in [2.45, 2.75) is 25.4 Å². The summed E-state index contributed by atoms with van der Waals surface area (Å²) in [6.45, 7) is 0. The highest BCUT2D eigenvalue weighted by molar-refractivity contribution is 6.29. The number of nitrogens with one attached hydrogen (secondary N) is 1. The zero-order valence-corrected chi connectivity index (χ0v) is 14.4. The Labute approximate surface area is 153 Å². The summed E-state index contributed by atoms with van der Waals surface area (Å²) >= 11 is 5.96. The Balaban J connectivity index is 1.50. The first-order chi connectivity index (χ1) is 12.8. The standard InChI is InChI=1S/C18H14ClN5O2/c19-16-8-21-18-13(22-16)2-1-3-14(18)26-10-4-5-12-11(6-10)17(24-23-12)15-7-20-9-25-15/h4-9,14H,1-3H2,(H,23,24). The number of benzene rings is 1. The third-order valence-corrected chi connectivity index (χ3v) is 4.69. The van der Waals surface area contributed by atoms with E-state index in [1.165, 1.54) is 6.39 Å². The van der Waals surface area contributed by atoms with Gasteiger partial charge >= 0.3 is 0 Å². The van der Waals surface area contributed by atoms with Crippen molar-refractivity contribution in [1.82, 2.24) is 25.1 Å². The number of hydrogen-bond acceptors (Lipinski definition) is 6. The van der Waals surface area contributed by atoms with Crippen LogP contribution in [-0.4, -0.2) is 25.1 Å². The molecule has 0 fully saturated rings. The molecule has 0 bridgehead atoms. The van der Waals surface area contributed by atoms with Crippen molar-refractivity contribution >= 4 is 22.5 Å². The van der Waals surface area contributed by atoms with Crippen LogP contribution in [0.3, 0.4) is 0 Å². The van der Waals surface area contributed by atoms with Crippen LogP contribution < -0.4 is 4.74 Å². The number of nitrogens with zero attached hydrogens (tertiary/aromatic N) is 4. The minimum absolute atomic E-state index is 0.137. The van der Waals surface area contributed by atoms with Crippen molar-refractivity contribution in [3.8, 4) is 17.2 Å². The molecule has 130 valence electrons. The smallest absolute Gasteiger partial charge is 0.181 e. The van der Waals surface area contributed by atoms with Crippen LogP contribution in [-0.2, 0) is 6.42 Å². The van der Waals surface area contributed by atoms with Crippen molar-refractivity contribution in [3.63, 3.8) is 0 Å². The quantitative estimate of drug-likeness (QED) is 0.585. The van der Waals surface area contributed by atoms with Gasteiger partial charge in [-0.25, -0.2) is 9.97 Å². The van der Waals surface area contributed by atoms with E-state index in [4.69, 9.17) is 20.8 Å². The van der Waals surface area contributed by atoms with Crippen molar-refractivity contribution in [2.75, 3.05) is 0 Å². The number of H-pyrrole nitrogens is 1. The van der Waals surface area contributed by atoms with Crippen LogP contribution in [0.15, 0.2) is 41.4 Å². The molecule has 3 heterocycles. The lowest BCUT2D eigenvalue weighted by molar-refractivity contribution is 0.177. The highest BCUT2D eigenvalue weighted by Crippen LogP contribution is 2.34. The minimum Gasteiger partial charge on any atom is -0.484 e. The summed E-state index contributed by atoms with van der Waals surface area (Å²) in [5, 5.41) is 8.65. The molecule has 8 heteroatoms. The van der Waals surface area contributed by atoms with E-state index >= 15 is 0 Å². The Kier molecular flexibility index (Phi) is 3.60. The normalized spacial score (nSPS) is 16.6. The first-order valence-corrected chi connectivity index (χ1v) is 8.71. The Morgan fingerprint density at radius 1 is 1.27 bits per heavy atom. The van der Waals surface area contributed by atoms with Crippen LogP contribution in [0.1, 0.15) is 30.3 Å². The van der Waals surface area contributed by atoms with E-state index in [0.717, 1.165) is 47.3 Å². The van der Waals surface area contributed by atoms with E-state index in [2.05, 4.69) is 25.1 Å². The fraction of sp³-hybridized carbons (Fsp3) is 0.222. The van der Waals surface area contributed by atoms with Gasteiger partial charge in [0.2, 0.25) is 0 Å². The van der Waals surface area contributed by atoms with Gasteiger partial charge < -0.3 is 9.15 Å². The van der Waals surface area contributed by atoms with Gasteiger partial charge in [0.05, 0.1) is 23.6 Å². The van der Waals surface area contributed by atoms with Gasteiger partial charge in [0, 0.05) is 5.39 Å². The highest BCUT2D eigenvalue weighted by Gasteiger charge is 2.25. The summed E-state index contributed by atoms with van der Waals surface area (Å²) in [6.07, 6.45) is 7.22. The number of hydrogen-bond donors (Lipinski definition) is 1. The topological polar surface area (TPSA) is 89.7 Å². The van der Waals surface area contributed by atoms with Crippen LogP contribution in [0.5, 0.6) is 5.75 Å². The summed E-state index contributed by atoms with van der Waals surface area (Å²) in [5.41, 5.74) is 3.39. The first-order valence-electron chi connectivity index (χ1n) is 8.33. The van der Waals surface area contributed by atoms with E-state index in [9.17, 15) is 0 Å². The highest BCUT2D eigenvalue weighted by atomic mass is 35.5. The van der Waals surface area contributed by atoms with E-state index in [-0.39, 0.29) is 6.10 Å². The molecule has 0 radical (unpaired) electrons. The van der Waals surface area contributed by atoms with E-state index in [1.807, 2.05) is 18.2 Å².